The Morgan fingerprint density at radius 1 is 0.298 bits per heavy atom. The van der Waals surface area contributed by atoms with Crippen LogP contribution < -0.4 is 4.90 Å². The largest absolute Gasteiger partial charge is 0.311 e. The molecule has 10 rings (SSSR count). The molecule has 0 radical (unpaired) electrons. The topological polar surface area (TPSA) is 3.24 Å². The number of anilines is 3. The van der Waals surface area contributed by atoms with E-state index in [9.17, 15) is 0 Å². The van der Waals surface area contributed by atoms with E-state index in [2.05, 4.69) is 251 Å². The molecule has 0 aliphatic heterocycles. The molecule has 1 aliphatic carbocycles. The molecule has 57 heavy (non-hydrogen) atoms. The van der Waals surface area contributed by atoms with Crippen molar-refractivity contribution in [2.45, 2.75) is 5.41 Å². The summed E-state index contributed by atoms with van der Waals surface area (Å²) in [6.07, 6.45) is 0. The highest BCUT2D eigenvalue weighted by molar-refractivity contribution is 9.10. The van der Waals surface area contributed by atoms with Gasteiger partial charge in [-0.2, -0.15) is 0 Å². The van der Waals surface area contributed by atoms with Crippen LogP contribution in [0.15, 0.2) is 235 Å². The van der Waals surface area contributed by atoms with Crippen LogP contribution in [0.1, 0.15) is 22.3 Å². The fraction of sp³-hybridized carbons (Fsp3) is 0.0182. The Kier molecular flexibility index (Phi) is 8.97. The minimum absolute atomic E-state index is 0.561. The predicted octanol–water partition coefficient (Wildman–Crippen LogP) is 15.3. The van der Waals surface area contributed by atoms with Crippen LogP contribution in [-0.2, 0) is 5.41 Å². The Labute approximate surface area is 343 Å². The van der Waals surface area contributed by atoms with E-state index in [1.165, 1.54) is 66.8 Å². The van der Waals surface area contributed by atoms with Crippen LogP contribution in [0.25, 0.3) is 44.5 Å². The summed E-state index contributed by atoms with van der Waals surface area (Å²) in [5.74, 6) is 0. The van der Waals surface area contributed by atoms with Crippen molar-refractivity contribution in [2.24, 2.45) is 0 Å². The van der Waals surface area contributed by atoms with Gasteiger partial charge in [0.1, 0.15) is 0 Å². The fourth-order valence-electron chi connectivity index (χ4n) is 8.79. The van der Waals surface area contributed by atoms with Gasteiger partial charge in [0.05, 0.1) is 5.41 Å². The summed E-state index contributed by atoms with van der Waals surface area (Å²) in [7, 11) is 0. The standard InChI is InChI=1S/C55H38BrN/c56-54-23-13-12-22-52(54)55(51-21-11-10-20-49(51)50-37-28-44(38-53(50)55)41-18-8-3-9-19-41)45-29-35-48(36-30-45)57(46-31-24-42(25-32-46)39-14-4-1-5-15-39)47-33-26-43(27-34-47)40-16-6-2-7-17-40/h1-38H. The highest BCUT2D eigenvalue weighted by Crippen LogP contribution is 2.58. The van der Waals surface area contributed by atoms with Crippen molar-refractivity contribution in [3.05, 3.63) is 257 Å². The van der Waals surface area contributed by atoms with Crippen LogP contribution >= 0.6 is 15.9 Å². The third kappa shape index (κ3) is 6.10. The van der Waals surface area contributed by atoms with Crippen molar-refractivity contribution in [1.29, 1.82) is 0 Å². The van der Waals surface area contributed by atoms with Crippen LogP contribution in [0.3, 0.4) is 0 Å². The van der Waals surface area contributed by atoms with Crippen LogP contribution in [0.4, 0.5) is 17.1 Å². The molecule has 0 N–H and O–H groups in total. The van der Waals surface area contributed by atoms with E-state index >= 15 is 0 Å². The van der Waals surface area contributed by atoms with E-state index in [-0.39, 0.29) is 0 Å². The lowest BCUT2D eigenvalue weighted by Gasteiger charge is -2.35. The SMILES string of the molecule is Brc1ccccc1C1(c2ccc(N(c3ccc(-c4ccccc4)cc3)c3ccc(-c4ccccc4)cc3)cc2)c2ccccc2-c2ccc(-c3ccccc3)cc21. The van der Waals surface area contributed by atoms with Crippen molar-refractivity contribution in [3.63, 3.8) is 0 Å². The Hall–Kier alpha value is -6.74. The first-order valence-corrected chi connectivity index (χ1v) is 20.2. The first kappa shape index (κ1) is 34.7. The van der Waals surface area contributed by atoms with Crippen molar-refractivity contribution in [2.75, 3.05) is 4.90 Å². The predicted molar refractivity (Wildman–Crippen MR) is 242 cm³/mol. The molecule has 9 aromatic rings. The van der Waals surface area contributed by atoms with Crippen molar-refractivity contribution in [3.8, 4) is 44.5 Å². The molecule has 0 fully saturated rings. The molecule has 0 bridgehead atoms. The molecule has 9 aromatic carbocycles. The zero-order valence-corrected chi connectivity index (χ0v) is 32.9. The lowest BCUT2D eigenvalue weighted by Crippen LogP contribution is -2.29. The van der Waals surface area contributed by atoms with E-state index in [0.717, 1.165) is 21.5 Å². The molecule has 1 atom stereocenters. The second-order valence-corrected chi connectivity index (χ2v) is 15.5. The van der Waals surface area contributed by atoms with Gasteiger partial charge in [-0.15, -0.1) is 0 Å². The maximum absolute atomic E-state index is 4.04. The van der Waals surface area contributed by atoms with E-state index in [1.54, 1.807) is 0 Å². The zero-order valence-electron chi connectivity index (χ0n) is 31.3. The molecular formula is C55H38BrN. The fourth-order valence-corrected chi connectivity index (χ4v) is 9.37. The van der Waals surface area contributed by atoms with Gasteiger partial charge in [-0.05, 0) is 115 Å². The van der Waals surface area contributed by atoms with Crippen LogP contribution in [0, 0.1) is 0 Å². The van der Waals surface area contributed by atoms with E-state index in [4.69, 9.17) is 0 Å². The van der Waals surface area contributed by atoms with Gasteiger partial charge in [-0.25, -0.2) is 0 Å². The zero-order chi connectivity index (χ0) is 38.2. The van der Waals surface area contributed by atoms with Crippen LogP contribution in [0.5, 0.6) is 0 Å². The van der Waals surface area contributed by atoms with Gasteiger partial charge in [-0.1, -0.05) is 198 Å². The number of rotatable bonds is 8. The number of hydrogen-bond donors (Lipinski definition) is 0. The Balaban J connectivity index is 1.14. The lowest BCUT2D eigenvalue weighted by atomic mass is 9.67. The molecule has 0 heterocycles. The van der Waals surface area contributed by atoms with Gasteiger partial charge in [0, 0.05) is 21.5 Å². The molecule has 1 unspecified atom stereocenters. The summed E-state index contributed by atoms with van der Waals surface area (Å²) in [6.45, 7) is 0. The first-order valence-electron chi connectivity index (χ1n) is 19.4. The minimum atomic E-state index is -0.561. The van der Waals surface area contributed by atoms with Gasteiger partial charge >= 0.3 is 0 Å². The second-order valence-electron chi connectivity index (χ2n) is 14.6. The maximum atomic E-state index is 4.04. The molecule has 0 aromatic heterocycles. The lowest BCUT2D eigenvalue weighted by molar-refractivity contribution is 0.764. The summed E-state index contributed by atoms with van der Waals surface area (Å²) in [5, 5.41) is 0. The molecular weight excluding hydrogens is 755 g/mol. The third-order valence-electron chi connectivity index (χ3n) is 11.5. The quantitative estimate of drug-likeness (QED) is 0.148. The summed E-state index contributed by atoms with van der Waals surface area (Å²) in [4.78, 5) is 2.36. The Morgan fingerprint density at radius 2 is 0.684 bits per heavy atom. The number of fused-ring (bicyclic) bond motifs is 3. The van der Waals surface area contributed by atoms with Gasteiger partial charge < -0.3 is 4.90 Å². The second kappa shape index (κ2) is 14.7. The Bertz CT molecular complexity index is 2730. The molecule has 0 saturated heterocycles. The molecule has 0 spiro atoms. The number of nitrogens with zero attached hydrogens (tertiary/aromatic N) is 1. The number of halogens is 1. The maximum Gasteiger partial charge on any atom is 0.0724 e. The molecule has 1 aliphatic rings. The molecule has 1 nitrogen and oxygen atoms in total. The average Bonchev–Trinajstić information content (AvgIpc) is 3.58. The number of benzene rings is 9. The molecule has 0 amide bonds. The van der Waals surface area contributed by atoms with Gasteiger partial charge in [-0.3, -0.25) is 0 Å². The Morgan fingerprint density at radius 3 is 1.21 bits per heavy atom. The smallest absolute Gasteiger partial charge is 0.0724 e. The summed E-state index contributed by atoms with van der Waals surface area (Å²) in [6, 6.07) is 83.7. The van der Waals surface area contributed by atoms with Gasteiger partial charge in [0.2, 0.25) is 0 Å². The van der Waals surface area contributed by atoms with E-state index in [1.807, 2.05) is 0 Å². The summed E-state index contributed by atoms with van der Waals surface area (Å²) < 4.78 is 1.08. The van der Waals surface area contributed by atoms with Gasteiger partial charge in [0.15, 0.2) is 0 Å². The third-order valence-corrected chi connectivity index (χ3v) is 12.1. The van der Waals surface area contributed by atoms with Gasteiger partial charge in [0.25, 0.3) is 0 Å². The summed E-state index contributed by atoms with van der Waals surface area (Å²) >= 11 is 4.04. The first-order chi connectivity index (χ1) is 28.2. The summed E-state index contributed by atoms with van der Waals surface area (Å²) in [5.41, 5.74) is 17.5. The highest BCUT2D eigenvalue weighted by atomic mass is 79.9. The van der Waals surface area contributed by atoms with E-state index in [0.29, 0.717) is 0 Å². The van der Waals surface area contributed by atoms with Crippen LogP contribution in [0.2, 0.25) is 0 Å². The number of hydrogen-bond acceptors (Lipinski definition) is 1. The van der Waals surface area contributed by atoms with E-state index < -0.39 is 5.41 Å². The highest BCUT2D eigenvalue weighted by Gasteiger charge is 2.47. The van der Waals surface area contributed by atoms with Crippen molar-refractivity contribution >= 4 is 33.0 Å². The molecule has 0 saturated carbocycles. The normalized spacial score (nSPS) is 14.1. The monoisotopic (exact) mass is 791 g/mol. The minimum Gasteiger partial charge on any atom is -0.311 e. The molecule has 2 heteroatoms. The van der Waals surface area contributed by atoms with Crippen LogP contribution in [-0.4, -0.2) is 0 Å². The molecule has 270 valence electrons. The van der Waals surface area contributed by atoms with Crippen molar-refractivity contribution in [1.82, 2.24) is 0 Å². The average molecular weight is 793 g/mol. The van der Waals surface area contributed by atoms with Crippen molar-refractivity contribution < 1.29 is 0 Å².